The fraction of sp³-hybridized carbons (Fsp3) is 0.560. The Hall–Kier alpha value is -2.81. The summed E-state index contributed by atoms with van der Waals surface area (Å²) >= 11 is 0. The van der Waals surface area contributed by atoms with Crippen molar-refractivity contribution in [3.05, 3.63) is 47.5 Å². The predicted octanol–water partition coefficient (Wildman–Crippen LogP) is 4.78. The molecular formula is C25H32F2N6O. The third-order valence-corrected chi connectivity index (χ3v) is 7.63. The highest BCUT2D eigenvalue weighted by molar-refractivity contribution is 5.92. The van der Waals surface area contributed by atoms with Gasteiger partial charge < -0.3 is 16.0 Å². The van der Waals surface area contributed by atoms with Gasteiger partial charge in [0.25, 0.3) is 5.91 Å². The lowest BCUT2D eigenvalue weighted by molar-refractivity contribution is -0.0496. The molecule has 0 bridgehead atoms. The van der Waals surface area contributed by atoms with E-state index in [1.54, 1.807) is 19.3 Å². The summed E-state index contributed by atoms with van der Waals surface area (Å²) in [6, 6.07) is 7.10. The van der Waals surface area contributed by atoms with Crippen LogP contribution in [0.3, 0.4) is 0 Å². The number of H-pyrrole nitrogens is 1. The van der Waals surface area contributed by atoms with E-state index in [0.29, 0.717) is 30.3 Å². The van der Waals surface area contributed by atoms with Gasteiger partial charge in [0.2, 0.25) is 5.92 Å². The largest absolute Gasteiger partial charge is 0.340 e. The average molecular weight is 471 g/mol. The van der Waals surface area contributed by atoms with E-state index in [-0.39, 0.29) is 30.7 Å². The molecule has 0 aliphatic heterocycles. The van der Waals surface area contributed by atoms with Crippen LogP contribution in [0.4, 0.5) is 8.78 Å². The second kappa shape index (κ2) is 9.09. The number of nitrogens with zero attached hydrogens (tertiary/aromatic N) is 3. The minimum atomic E-state index is -2.65. The highest BCUT2D eigenvalue weighted by Crippen LogP contribution is 2.41. The molecule has 1 amide bonds. The Kier molecular flexibility index (Phi) is 6.14. The van der Waals surface area contributed by atoms with E-state index in [4.69, 9.17) is 10.7 Å². The molecule has 2 heterocycles. The first-order valence-electron chi connectivity index (χ1n) is 12.2. The number of halogens is 2. The number of benzene rings is 1. The molecule has 7 nitrogen and oxygen atoms in total. The van der Waals surface area contributed by atoms with Crippen molar-refractivity contribution < 1.29 is 13.6 Å². The van der Waals surface area contributed by atoms with Gasteiger partial charge in [-0.15, -0.1) is 0 Å². The standard InChI is InChI=1S/C25H32F2N6O/c1-33-21(9-12-29-33)24(34)32-22(16-7-10-25(26,27)11-8-16)23-30-19-6-5-17(14-20(19)31-23)18(28)13-15-3-2-4-15/h5-6,9,12,14-16,18,22H,2-4,7-8,10-11,13,28H2,1H3,(H,30,31)(H,32,34)/t18?,22-/m0/s1. The summed E-state index contributed by atoms with van der Waals surface area (Å²) < 4.78 is 29.2. The molecule has 34 heavy (non-hydrogen) atoms. The Morgan fingerprint density at radius 3 is 2.68 bits per heavy atom. The second-order valence-electron chi connectivity index (χ2n) is 10.0. The van der Waals surface area contributed by atoms with Crippen LogP contribution >= 0.6 is 0 Å². The number of nitrogens with two attached hydrogens (primary N) is 1. The van der Waals surface area contributed by atoms with Crippen molar-refractivity contribution in [2.45, 2.75) is 69.4 Å². The van der Waals surface area contributed by atoms with Gasteiger partial charge >= 0.3 is 0 Å². The number of carbonyl (C=O) groups excluding carboxylic acids is 1. The number of aromatic amines is 1. The predicted molar refractivity (Wildman–Crippen MR) is 125 cm³/mol. The van der Waals surface area contributed by atoms with Crippen LogP contribution < -0.4 is 11.1 Å². The van der Waals surface area contributed by atoms with Crippen molar-refractivity contribution in [1.29, 1.82) is 0 Å². The number of hydrogen-bond acceptors (Lipinski definition) is 4. The Morgan fingerprint density at radius 1 is 1.26 bits per heavy atom. The molecule has 0 radical (unpaired) electrons. The molecule has 0 saturated heterocycles. The van der Waals surface area contributed by atoms with Crippen LogP contribution in [0.25, 0.3) is 11.0 Å². The van der Waals surface area contributed by atoms with Gasteiger partial charge in [0.1, 0.15) is 11.5 Å². The van der Waals surface area contributed by atoms with E-state index in [0.717, 1.165) is 23.0 Å². The van der Waals surface area contributed by atoms with Gasteiger partial charge in [0, 0.05) is 32.1 Å². The van der Waals surface area contributed by atoms with Crippen LogP contribution in [0, 0.1) is 11.8 Å². The number of carbonyl (C=O) groups is 1. The van der Waals surface area contributed by atoms with Crippen LogP contribution in [0.5, 0.6) is 0 Å². The number of fused-ring (bicyclic) bond motifs is 1. The van der Waals surface area contributed by atoms with E-state index in [1.165, 1.54) is 23.9 Å². The van der Waals surface area contributed by atoms with Gasteiger partial charge in [0.15, 0.2) is 0 Å². The van der Waals surface area contributed by atoms with Crippen LogP contribution in [0.1, 0.15) is 85.3 Å². The molecule has 182 valence electrons. The minimum absolute atomic E-state index is 0.0317. The zero-order valence-electron chi connectivity index (χ0n) is 19.4. The monoisotopic (exact) mass is 470 g/mol. The summed E-state index contributed by atoms with van der Waals surface area (Å²) in [4.78, 5) is 21.1. The number of imidazole rings is 1. The summed E-state index contributed by atoms with van der Waals surface area (Å²) in [6.45, 7) is 0. The molecule has 4 N–H and O–H groups in total. The van der Waals surface area contributed by atoms with E-state index in [2.05, 4.69) is 15.4 Å². The Labute approximate surface area is 197 Å². The van der Waals surface area contributed by atoms with Crippen molar-refractivity contribution in [2.75, 3.05) is 0 Å². The SMILES string of the molecule is Cn1nccc1C(=O)N[C@H](c1nc2cc(C(N)CC3CCC3)ccc2[nH]1)C1CCC(F)(F)CC1. The van der Waals surface area contributed by atoms with Crippen molar-refractivity contribution >= 4 is 16.9 Å². The van der Waals surface area contributed by atoms with Crippen molar-refractivity contribution in [2.24, 2.45) is 24.6 Å². The summed E-state index contributed by atoms with van der Waals surface area (Å²) in [5.74, 6) is -1.79. The summed E-state index contributed by atoms with van der Waals surface area (Å²) in [6.07, 6.45) is 6.59. The number of aryl methyl sites for hydroxylation is 1. The van der Waals surface area contributed by atoms with Crippen LogP contribution in [-0.2, 0) is 7.05 Å². The normalized spacial score (nSPS) is 20.7. The van der Waals surface area contributed by atoms with Crippen LogP contribution in [0.2, 0.25) is 0 Å². The number of aromatic nitrogens is 4. The average Bonchev–Trinajstić information content (AvgIpc) is 3.40. The molecule has 1 aromatic carbocycles. The number of alkyl halides is 2. The molecule has 3 aromatic rings. The Morgan fingerprint density at radius 2 is 2.03 bits per heavy atom. The molecule has 2 aromatic heterocycles. The number of hydrogen-bond donors (Lipinski definition) is 3. The highest BCUT2D eigenvalue weighted by Gasteiger charge is 2.39. The van der Waals surface area contributed by atoms with Crippen LogP contribution in [-0.4, -0.2) is 31.6 Å². The van der Waals surface area contributed by atoms with Gasteiger partial charge in [-0.05, 0) is 54.9 Å². The molecular weight excluding hydrogens is 438 g/mol. The molecule has 2 saturated carbocycles. The zero-order chi connectivity index (χ0) is 23.9. The van der Waals surface area contributed by atoms with Gasteiger partial charge in [-0.3, -0.25) is 9.48 Å². The first-order valence-corrected chi connectivity index (χ1v) is 12.2. The Balaban J connectivity index is 1.41. The molecule has 5 rings (SSSR count). The quantitative estimate of drug-likeness (QED) is 0.462. The summed E-state index contributed by atoms with van der Waals surface area (Å²) in [5, 5.41) is 7.11. The van der Waals surface area contributed by atoms with Crippen molar-refractivity contribution in [3.63, 3.8) is 0 Å². The van der Waals surface area contributed by atoms with E-state index in [9.17, 15) is 13.6 Å². The lowest BCUT2D eigenvalue weighted by Gasteiger charge is -2.33. The number of nitrogens with one attached hydrogen (secondary N) is 2. The molecule has 0 spiro atoms. The van der Waals surface area contributed by atoms with E-state index in [1.807, 2.05) is 18.2 Å². The first kappa shape index (κ1) is 23.0. The molecule has 2 aliphatic carbocycles. The smallest absolute Gasteiger partial charge is 0.270 e. The zero-order valence-corrected chi connectivity index (χ0v) is 19.4. The first-order chi connectivity index (χ1) is 16.3. The maximum atomic E-state index is 13.9. The van der Waals surface area contributed by atoms with Gasteiger partial charge in [-0.2, -0.15) is 5.10 Å². The summed E-state index contributed by atoms with van der Waals surface area (Å²) in [7, 11) is 1.70. The van der Waals surface area contributed by atoms with Gasteiger partial charge in [-0.25, -0.2) is 13.8 Å². The molecule has 2 aliphatic rings. The third kappa shape index (κ3) is 4.71. The maximum absolute atomic E-state index is 13.9. The van der Waals surface area contributed by atoms with Crippen LogP contribution in [0.15, 0.2) is 30.5 Å². The van der Waals surface area contributed by atoms with E-state index < -0.39 is 12.0 Å². The van der Waals surface area contributed by atoms with Gasteiger partial charge in [0.05, 0.1) is 17.1 Å². The number of rotatable bonds is 7. The fourth-order valence-corrected chi connectivity index (χ4v) is 5.26. The lowest BCUT2D eigenvalue weighted by atomic mass is 9.80. The van der Waals surface area contributed by atoms with Crippen molar-refractivity contribution in [1.82, 2.24) is 25.1 Å². The fourth-order valence-electron chi connectivity index (χ4n) is 5.26. The topological polar surface area (TPSA) is 102 Å². The molecule has 9 heteroatoms. The minimum Gasteiger partial charge on any atom is -0.340 e. The number of amides is 1. The van der Waals surface area contributed by atoms with Crippen molar-refractivity contribution in [3.8, 4) is 0 Å². The summed E-state index contributed by atoms with van der Waals surface area (Å²) in [5.41, 5.74) is 9.54. The molecule has 2 fully saturated rings. The molecule has 2 atom stereocenters. The lowest BCUT2D eigenvalue weighted by Crippen LogP contribution is -2.38. The van der Waals surface area contributed by atoms with Gasteiger partial charge in [-0.1, -0.05) is 25.3 Å². The highest BCUT2D eigenvalue weighted by atomic mass is 19.3. The Bertz CT molecular complexity index is 1160. The third-order valence-electron chi connectivity index (χ3n) is 7.63. The second-order valence-corrected chi connectivity index (χ2v) is 10.0. The molecule has 1 unspecified atom stereocenters. The van der Waals surface area contributed by atoms with E-state index >= 15 is 0 Å². The maximum Gasteiger partial charge on any atom is 0.270 e.